The number of hydrogen-bond donors (Lipinski definition) is 2. The van der Waals surface area contributed by atoms with Gasteiger partial charge in [0.2, 0.25) is 5.91 Å². The molecule has 1 aromatic heterocycles. The van der Waals surface area contributed by atoms with E-state index in [1.165, 1.54) is 6.92 Å². The number of imidazole rings is 1. The Bertz CT molecular complexity index is 1040. The summed E-state index contributed by atoms with van der Waals surface area (Å²) in [5.74, 6) is 0.586. The summed E-state index contributed by atoms with van der Waals surface area (Å²) in [6.07, 6.45) is 13.4. The number of rotatable bonds is 11. The van der Waals surface area contributed by atoms with Crippen LogP contribution in [0.25, 0.3) is 0 Å². The van der Waals surface area contributed by atoms with E-state index in [4.69, 9.17) is 23.2 Å². The molecule has 8 nitrogen and oxygen atoms in total. The van der Waals surface area contributed by atoms with Gasteiger partial charge in [-0.3, -0.25) is 14.5 Å². The number of carbonyl (C=O) groups excluding carboxylic acids is 2. The summed E-state index contributed by atoms with van der Waals surface area (Å²) in [6, 6.07) is 7.80. The molecule has 34 heavy (non-hydrogen) atoms. The Morgan fingerprint density at radius 3 is 2.53 bits per heavy atom. The van der Waals surface area contributed by atoms with Crippen molar-refractivity contribution in [1.29, 1.82) is 0 Å². The maximum Gasteiger partial charge on any atom is 0.260 e. The molecule has 2 N–H and O–H groups in total. The first-order valence-electron chi connectivity index (χ1n) is 10.9. The van der Waals surface area contributed by atoms with Crippen molar-refractivity contribution in [2.75, 3.05) is 30.2 Å². The Morgan fingerprint density at radius 2 is 1.97 bits per heavy atom. The van der Waals surface area contributed by atoms with E-state index in [-0.39, 0.29) is 18.4 Å². The zero-order valence-electron chi connectivity index (χ0n) is 19.0. The van der Waals surface area contributed by atoms with Crippen molar-refractivity contribution >= 4 is 46.9 Å². The highest BCUT2D eigenvalue weighted by atomic mass is 35.5. The summed E-state index contributed by atoms with van der Waals surface area (Å²) in [5.41, 5.74) is 4.77. The van der Waals surface area contributed by atoms with Gasteiger partial charge in [-0.05, 0) is 29.7 Å². The minimum absolute atomic E-state index is 0.116. The third kappa shape index (κ3) is 6.79. The van der Waals surface area contributed by atoms with E-state index < -0.39 is 5.54 Å². The van der Waals surface area contributed by atoms with E-state index in [0.29, 0.717) is 31.3 Å². The van der Waals surface area contributed by atoms with Crippen LogP contribution in [0, 0.1) is 0 Å². The van der Waals surface area contributed by atoms with Crippen molar-refractivity contribution < 1.29 is 9.59 Å². The van der Waals surface area contributed by atoms with Crippen molar-refractivity contribution in [2.45, 2.75) is 25.4 Å². The summed E-state index contributed by atoms with van der Waals surface area (Å²) in [4.78, 5) is 29.5. The lowest BCUT2D eigenvalue weighted by atomic mass is 9.80. The molecule has 0 fully saturated rings. The molecule has 10 heteroatoms. The zero-order valence-corrected chi connectivity index (χ0v) is 20.5. The van der Waals surface area contributed by atoms with Crippen molar-refractivity contribution in [3.05, 3.63) is 72.4 Å². The maximum atomic E-state index is 12.0. The van der Waals surface area contributed by atoms with E-state index >= 15 is 0 Å². The van der Waals surface area contributed by atoms with E-state index in [1.54, 1.807) is 29.5 Å². The number of benzene rings is 1. The van der Waals surface area contributed by atoms with Crippen LogP contribution in [0.4, 0.5) is 5.69 Å². The van der Waals surface area contributed by atoms with Crippen LogP contribution in [0.15, 0.2) is 71.9 Å². The topological polar surface area (TPSA) is 91.6 Å². The van der Waals surface area contributed by atoms with Gasteiger partial charge in [-0.1, -0.05) is 30.4 Å². The van der Waals surface area contributed by atoms with Crippen molar-refractivity contribution in [2.24, 2.45) is 5.10 Å². The summed E-state index contributed by atoms with van der Waals surface area (Å²) in [6.45, 7) is 2.95. The fourth-order valence-corrected chi connectivity index (χ4v) is 4.30. The summed E-state index contributed by atoms with van der Waals surface area (Å²) >= 11 is 12.2. The molecule has 1 heterocycles. The molecule has 2 aromatic rings. The first kappa shape index (κ1) is 25.7. The van der Waals surface area contributed by atoms with Gasteiger partial charge in [-0.15, -0.1) is 23.2 Å². The Labute approximate surface area is 209 Å². The number of nitrogens with zero attached hydrogens (tertiary/aromatic N) is 4. The highest BCUT2D eigenvalue weighted by molar-refractivity contribution is 6.18. The van der Waals surface area contributed by atoms with Gasteiger partial charge in [0.1, 0.15) is 6.54 Å². The average Bonchev–Trinajstić information content (AvgIpc) is 3.33. The minimum atomic E-state index is -0.444. The summed E-state index contributed by atoms with van der Waals surface area (Å²) in [5, 5.41) is 6.88. The first-order chi connectivity index (χ1) is 16.5. The third-order valence-electron chi connectivity index (χ3n) is 5.47. The average molecular weight is 503 g/mol. The van der Waals surface area contributed by atoms with Crippen molar-refractivity contribution in [3.8, 4) is 0 Å². The lowest BCUT2D eigenvalue weighted by Crippen LogP contribution is -2.47. The number of halogens is 2. The van der Waals surface area contributed by atoms with Crippen LogP contribution in [0.1, 0.15) is 18.9 Å². The van der Waals surface area contributed by atoms with Crippen LogP contribution in [0.2, 0.25) is 0 Å². The number of alkyl halides is 2. The number of nitrogens with one attached hydrogen (secondary N) is 2. The smallest absolute Gasteiger partial charge is 0.260 e. The van der Waals surface area contributed by atoms with Crippen LogP contribution in [0.5, 0.6) is 0 Å². The first-order valence-corrected chi connectivity index (χ1v) is 12.0. The van der Waals surface area contributed by atoms with Gasteiger partial charge in [-0.2, -0.15) is 5.10 Å². The Hall–Kier alpha value is -2.94. The number of carbonyl (C=O) groups is 2. The standard InChI is InChI=1S/C24H28Cl2N6O2/c1-19(33)29-22-4-2-21(3-5-22)24(32(13-10-25)14-11-26)8-6-20(7-9-24)16-28-30-23(34)17-31-15-12-27-18-31/h2-8,12,15-16,18H,9-11,13-14,17H2,1H3,(H,29,33)(H,30,34)/b28-16+. The lowest BCUT2D eigenvalue weighted by molar-refractivity contribution is -0.121. The van der Waals surface area contributed by atoms with Gasteiger partial charge < -0.3 is 9.88 Å². The molecule has 1 aromatic carbocycles. The molecular weight excluding hydrogens is 475 g/mol. The van der Waals surface area contributed by atoms with Crippen LogP contribution in [0.3, 0.4) is 0 Å². The van der Waals surface area contributed by atoms with Crippen LogP contribution < -0.4 is 10.7 Å². The van der Waals surface area contributed by atoms with Gasteiger partial charge in [0.05, 0.1) is 18.1 Å². The van der Waals surface area contributed by atoms with E-state index in [1.807, 2.05) is 30.3 Å². The highest BCUT2D eigenvalue weighted by Crippen LogP contribution is 2.38. The fourth-order valence-electron chi connectivity index (χ4n) is 3.89. The molecule has 1 aliphatic carbocycles. The monoisotopic (exact) mass is 502 g/mol. The van der Waals surface area contributed by atoms with Gasteiger partial charge in [-0.25, -0.2) is 10.4 Å². The zero-order chi connectivity index (χ0) is 24.4. The van der Waals surface area contributed by atoms with Crippen LogP contribution in [-0.4, -0.2) is 57.3 Å². The minimum Gasteiger partial charge on any atom is -0.328 e. The molecule has 0 bridgehead atoms. The molecule has 0 radical (unpaired) electrons. The molecule has 3 rings (SSSR count). The largest absolute Gasteiger partial charge is 0.328 e. The maximum absolute atomic E-state index is 12.0. The number of allylic oxidation sites excluding steroid dienone is 2. The molecule has 0 saturated carbocycles. The van der Waals surface area contributed by atoms with Crippen molar-refractivity contribution in [3.63, 3.8) is 0 Å². The second-order valence-electron chi connectivity index (χ2n) is 7.82. The number of anilines is 1. The molecule has 0 saturated heterocycles. The number of hydrazone groups is 1. The molecule has 1 aliphatic rings. The Kier molecular flexibility index (Phi) is 9.44. The third-order valence-corrected chi connectivity index (χ3v) is 5.81. The second-order valence-corrected chi connectivity index (χ2v) is 8.57. The second kappa shape index (κ2) is 12.5. The van der Waals surface area contributed by atoms with Crippen LogP contribution in [-0.2, 0) is 21.7 Å². The number of aromatic nitrogens is 2. The van der Waals surface area contributed by atoms with Gasteiger partial charge in [0.15, 0.2) is 0 Å². The Balaban J connectivity index is 1.75. The molecule has 180 valence electrons. The predicted molar refractivity (Wildman–Crippen MR) is 136 cm³/mol. The highest BCUT2D eigenvalue weighted by Gasteiger charge is 2.36. The molecule has 1 unspecified atom stereocenters. The van der Waals surface area contributed by atoms with E-state index in [2.05, 4.69) is 37.9 Å². The summed E-state index contributed by atoms with van der Waals surface area (Å²) < 4.78 is 1.67. The van der Waals surface area contributed by atoms with Gasteiger partial charge in [0.25, 0.3) is 5.91 Å². The van der Waals surface area contributed by atoms with Gasteiger partial charge >= 0.3 is 0 Å². The van der Waals surface area contributed by atoms with E-state index in [0.717, 1.165) is 16.8 Å². The summed E-state index contributed by atoms with van der Waals surface area (Å²) in [7, 11) is 0. The van der Waals surface area contributed by atoms with Crippen LogP contribution >= 0.6 is 23.2 Å². The molecule has 1 atom stereocenters. The number of hydrogen-bond acceptors (Lipinski definition) is 5. The molecule has 0 aliphatic heterocycles. The Morgan fingerprint density at radius 1 is 1.24 bits per heavy atom. The SMILES string of the molecule is CC(=O)Nc1ccc(C2(N(CCCl)CCCl)C=CC(/C=N/NC(=O)Cn3ccnc3)=CC2)cc1. The van der Waals surface area contributed by atoms with E-state index in [9.17, 15) is 9.59 Å². The normalized spacial score (nSPS) is 17.7. The molecule has 2 amide bonds. The number of amides is 2. The lowest BCUT2D eigenvalue weighted by Gasteiger charge is -2.43. The quantitative estimate of drug-likeness (QED) is 0.279. The van der Waals surface area contributed by atoms with Gasteiger partial charge in [0, 0.05) is 49.9 Å². The molecular formula is C24H28Cl2N6O2. The fraction of sp³-hybridized carbons (Fsp3) is 0.333. The predicted octanol–water partition coefficient (Wildman–Crippen LogP) is 3.50. The molecule has 0 spiro atoms. The van der Waals surface area contributed by atoms with Crippen molar-refractivity contribution in [1.82, 2.24) is 19.9 Å².